The molecule has 1 heterocycles. The topological polar surface area (TPSA) is 62.3 Å². The highest BCUT2D eigenvalue weighted by atomic mass is 16.2. The average molecular weight is 283 g/mol. The van der Waals surface area contributed by atoms with Gasteiger partial charge in [-0.15, -0.1) is 0 Å². The molecule has 0 saturated heterocycles. The van der Waals surface area contributed by atoms with Crippen LogP contribution >= 0.6 is 0 Å². The maximum absolute atomic E-state index is 12.2. The van der Waals surface area contributed by atoms with Gasteiger partial charge >= 0.3 is 0 Å². The minimum absolute atomic E-state index is 0.103. The zero-order chi connectivity index (χ0) is 15.2. The molecule has 5 nitrogen and oxygen atoms in total. The predicted molar refractivity (Wildman–Crippen MR) is 81.3 cm³/mol. The summed E-state index contributed by atoms with van der Waals surface area (Å²) in [6.45, 7) is 2.52. The fraction of sp³-hybridized carbons (Fsp3) is 0.188. The van der Waals surface area contributed by atoms with Crippen molar-refractivity contribution in [1.82, 2.24) is 9.88 Å². The van der Waals surface area contributed by atoms with Crippen molar-refractivity contribution in [3.8, 4) is 0 Å². The van der Waals surface area contributed by atoms with Crippen molar-refractivity contribution >= 4 is 17.5 Å². The summed E-state index contributed by atoms with van der Waals surface area (Å²) < 4.78 is 0. The molecule has 2 aromatic rings. The molecule has 0 unspecified atom stereocenters. The number of carbonyl (C=O) groups excluding carboxylic acids is 2. The van der Waals surface area contributed by atoms with Crippen LogP contribution < -0.4 is 5.32 Å². The first-order valence-corrected chi connectivity index (χ1v) is 6.68. The van der Waals surface area contributed by atoms with Gasteiger partial charge in [-0.1, -0.05) is 6.07 Å². The molecule has 0 bridgehead atoms. The zero-order valence-electron chi connectivity index (χ0n) is 12.0. The number of aromatic nitrogens is 1. The van der Waals surface area contributed by atoms with Gasteiger partial charge in [-0.3, -0.25) is 14.6 Å². The molecule has 0 atom stereocenters. The molecule has 0 fully saturated rings. The first kappa shape index (κ1) is 14.7. The Morgan fingerprint density at radius 2 is 1.95 bits per heavy atom. The highest BCUT2D eigenvalue weighted by Crippen LogP contribution is 2.11. The van der Waals surface area contributed by atoms with E-state index in [0.29, 0.717) is 23.4 Å². The summed E-state index contributed by atoms with van der Waals surface area (Å²) in [5.74, 6) is -0.370. The van der Waals surface area contributed by atoms with Crippen LogP contribution in [-0.4, -0.2) is 35.3 Å². The van der Waals surface area contributed by atoms with Crippen LogP contribution in [0.15, 0.2) is 48.8 Å². The van der Waals surface area contributed by atoms with E-state index in [4.69, 9.17) is 0 Å². The van der Waals surface area contributed by atoms with Gasteiger partial charge < -0.3 is 10.2 Å². The van der Waals surface area contributed by atoms with Gasteiger partial charge in [0.05, 0.1) is 11.9 Å². The van der Waals surface area contributed by atoms with Crippen LogP contribution in [-0.2, 0) is 0 Å². The van der Waals surface area contributed by atoms with E-state index in [1.165, 1.54) is 0 Å². The summed E-state index contributed by atoms with van der Waals surface area (Å²) in [4.78, 5) is 29.8. The number of amides is 2. The van der Waals surface area contributed by atoms with E-state index in [-0.39, 0.29) is 11.8 Å². The average Bonchev–Trinajstić information content (AvgIpc) is 2.54. The molecule has 0 aliphatic heterocycles. The third-order valence-electron chi connectivity index (χ3n) is 3.11. The lowest BCUT2D eigenvalue weighted by atomic mass is 10.1. The molecule has 108 valence electrons. The Balaban J connectivity index is 2.17. The molecule has 1 aromatic carbocycles. The number of benzene rings is 1. The van der Waals surface area contributed by atoms with Crippen molar-refractivity contribution in [1.29, 1.82) is 0 Å². The predicted octanol–water partition coefficient (Wildman–Crippen LogP) is 2.43. The van der Waals surface area contributed by atoms with Crippen LogP contribution in [0.5, 0.6) is 0 Å². The molecule has 2 rings (SSSR count). The van der Waals surface area contributed by atoms with E-state index in [2.05, 4.69) is 10.3 Å². The Labute approximate surface area is 123 Å². The van der Waals surface area contributed by atoms with Crippen LogP contribution in [0.1, 0.15) is 27.6 Å². The van der Waals surface area contributed by atoms with Crippen molar-refractivity contribution in [2.75, 3.05) is 18.9 Å². The van der Waals surface area contributed by atoms with E-state index in [0.717, 1.165) is 0 Å². The normalized spacial score (nSPS) is 10.0. The highest BCUT2D eigenvalue weighted by Gasteiger charge is 2.13. The second-order valence-electron chi connectivity index (χ2n) is 4.60. The maximum Gasteiger partial charge on any atom is 0.255 e. The quantitative estimate of drug-likeness (QED) is 0.937. The van der Waals surface area contributed by atoms with Crippen molar-refractivity contribution < 1.29 is 9.59 Å². The minimum atomic E-state index is -0.267. The van der Waals surface area contributed by atoms with E-state index < -0.39 is 0 Å². The SMILES string of the molecule is CCN(C)C(=O)c1cccc(C(=O)Nc2cccnc2)c1. The van der Waals surface area contributed by atoms with E-state index in [9.17, 15) is 9.59 Å². The van der Waals surface area contributed by atoms with Crippen LogP contribution in [0.25, 0.3) is 0 Å². The third kappa shape index (κ3) is 3.66. The number of rotatable bonds is 4. The monoisotopic (exact) mass is 283 g/mol. The number of carbonyl (C=O) groups is 2. The lowest BCUT2D eigenvalue weighted by molar-refractivity contribution is 0.0802. The summed E-state index contributed by atoms with van der Waals surface area (Å²) >= 11 is 0. The zero-order valence-corrected chi connectivity index (χ0v) is 12.0. The number of hydrogen-bond acceptors (Lipinski definition) is 3. The van der Waals surface area contributed by atoms with Gasteiger partial charge in [-0.05, 0) is 37.3 Å². The first-order valence-electron chi connectivity index (χ1n) is 6.68. The lowest BCUT2D eigenvalue weighted by Crippen LogP contribution is -2.26. The first-order chi connectivity index (χ1) is 10.1. The molecule has 21 heavy (non-hydrogen) atoms. The van der Waals surface area contributed by atoms with Gasteiger partial charge in [0.1, 0.15) is 0 Å². The second kappa shape index (κ2) is 6.65. The fourth-order valence-corrected chi connectivity index (χ4v) is 1.80. The Hall–Kier alpha value is -2.69. The number of nitrogens with zero attached hydrogens (tertiary/aromatic N) is 2. The van der Waals surface area contributed by atoms with Crippen LogP contribution in [0.3, 0.4) is 0 Å². The Bertz CT molecular complexity index is 641. The standard InChI is InChI=1S/C16H17N3O2/c1-3-19(2)16(21)13-7-4-6-12(10-13)15(20)18-14-8-5-9-17-11-14/h4-11H,3H2,1-2H3,(H,18,20). The Kier molecular flexibility index (Phi) is 4.66. The number of anilines is 1. The van der Waals surface area contributed by atoms with E-state index >= 15 is 0 Å². The van der Waals surface area contributed by atoms with Gasteiger partial charge in [0, 0.05) is 30.9 Å². The summed E-state index contributed by atoms with van der Waals surface area (Å²) in [6.07, 6.45) is 3.20. The number of hydrogen-bond donors (Lipinski definition) is 1. The van der Waals surface area contributed by atoms with Gasteiger partial charge in [0.15, 0.2) is 0 Å². The lowest BCUT2D eigenvalue weighted by Gasteiger charge is -2.14. The molecule has 1 N–H and O–H groups in total. The molecule has 0 aliphatic carbocycles. The number of pyridine rings is 1. The third-order valence-corrected chi connectivity index (χ3v) is 3.11. The van der Waals surface area contributed by atoms with Crippen LogP contribution in [0.4, 0.5) is 5.69 Å². The summed E-state index contributed by atoms with van der Waals surface area (Å²) in [5, 5.41) is 2.74. The Morgan fingerprint density at radius 1 is 1.19 bits per heavy atom. The molecule has 0 saturated carbocycles. The number of nitrogens with one attached hydrogen (secondary N) is 1. The molecular formula is C16H17N3O2. The summed E-state index contributed by atoms with van der Waals surface area (Å²) in [7, 11) is 1.73. The largest absolute Gasteiger partial charge is 0.342 e. The molecule has 0 spiro atoms. The van der Waals surface area contributed by atoms with Crippen molar-refractivity contribution in [3.63, 3.8) is 0 Å². The van der Waals surface area contributed by atoms with Gasteiger partial charge in [0.2, 0.25) is 0 Å². The van der Waals surface area contributed by atoms with Crippen molar-refractivity contribution in [2.24, 2.45) is 0 Å². The van der Waals surface area contributed by atoms with Gasteiger partial charge in [-0.2, -0.15) is 0 Å². The Morgan fingerprint density at radius 3 is 2.62 bits per heavy atom. The molecule has 0 aliphatic rings. The van der Waals surface area contributed by atoms with Gasteiger partial charge in [0.25, 0.3) is 11.8 Å². The van der Waals surface area contributed by atoms with E-state index in [1.807, 2.05) is 6.92 Å². The summed E-state index contributed by atoms with van der Waals surface area (Å²) in [5.41, 5.74) is 1.55. The molecule has 2 amide bonds. The molecule has 0 radical (unpaired) electrons. The fourth-order valence-electron chi connectivity index (χ4n) is 1.80. The van der Waals surface area contributed by atoms with Crippen molar-refractivity contribution in [2.45, 2.75) is 6.92 Å². The van der Waals surface area contributed by atoms with Crippen LogP contribution in [0, 0.1) is 0 Å². The molecule has 5 heteroatoms. The van der Waals surface area contributed by atoms with Crippen LogP contribution in [0.2, 0.25) is 0 Å². The molecule has 1 aromatic heterocycles. The van der Waals surface area contributed by atoms with Crippen molar-refractivity contribution in [3.05, 3.63) is 59.9 Å². The smallest absolute Gasteiger partial charge is 0.255 e. The molecular weight excluding hydrogens is 266 g/mol. The van der Waals surface area contributed by atoms with Gasteiger partial charge in [-0.25, -0.2) is 0 Å². The summed E-state index contributed by atoms with van der Waals surface area (Å²) in [6, 6.07) is 10.2. The second-order valence-corrected chi connectivity index (χ2v) is 4.60. The minimum Gasteiger partial charge on any atom is -0.342 e. The maximum atomic E-state index is 12.2. The van der Waals surface area contributed by atoms with E-state index in [1.54, 1.807) is 60.7 Å². The highest BCUT2D eigenvalue weighted by molar-refractivity contribution is 6.06.